The highest BCUT2D eigenvalue weighted by Crippen LogP contribution is 2.33. The van der Waals surface area contributed by atoms with Gasteiger partial charge in [0.05, 0.1) is 31.9 Å². The van der Waals surface area contributed by atoms with Crippen LogP contribution in [0.25, 0.3) is 0 Å². The highest BCUT2D eigenvalue weighted by molar-refractivity contribution is 6.34. The first-order chi connectivity index (χ1) is 10.6. The van der Waals surface area contributed by atoms with Gasteiger partial charge in [-0.05, 0) is 23.8 Å². The largest absolute Gasteiger partial charge is 0.497 e. The second kappa shape index (κ2) is 7.18. The molecule has 0 atom stereocenters. The Morgan fingerprint density at radius 1 is 0.955 bits per heavy atom. The van der Waals surface area contributed by atoms with E-state index < -0.39 is 0 Å². The Balaban J connectivity index is 2.28. The second-order valence-electron chi connectivity index (χ2n) is 4.63. The van der Waals surface area contributed by atoms with Crippen molar-refractivity contribution in [2.24, 2.45) is 0 Å². The number of hydrogen-bond donors (Lipinski definition) is 0. The SMILES string of the molecule is COc1ccc(CC(=O)c2c(Cl)cc(OC)cc2OC)cc1. The summed E-state index contributed by atoms with van der Waals surface area (Å²) in [7, 11) is 4.63. The Bertz CT molecular complexity index is 665. The van der Waals surface area contributed by atoms with Gasteiger partial charge >= 0.3 is 0 Å². The van der Waals surface area contributed by atoms with Gasteiger partial charge in [-0.3, -0.25) is 4.79 Å². The highest BCUT2D eigenvalue weighted by atomic mass is 35.5. The van der Waals surface area contributed by atoms with Crippen LogP contribution in [0.1, 0.15) is 15.9 Å². The van der Waals surface area contributed by atoms with E-state index in [0.717, 1.165) is 11.3 Å². The fourth-order valence-corrected chi connectivity index (χ4v) is 2.43. The van der Waals surface area contributed by atoms with Crippen LogP contribution in [0.15, 0.2) is 36.4 Å². The van der Waals surface area contributed by atoms with Gasteiger partial charge in [0.2, 0.25) is 0 Å². The molecule has 0 N–H and O–H groups in total. The summed E-state index contributed by atoms with van der Waals surface area (Å²) in [6.45, 7) is 0. The standard InChI is InChI=1S/C17H17ClO4/c1-20-12-6-4-11(5-7-12)8-15(19)17-14(18)9-13(21-2)10-16(17)22-3/h4-7,9-10H,8H2,1-3H3. The molecule has 0 saturated carbocycles. The molecule has 0 fully saturated rings. The predicted octanol–water partition coefficient (Wildman–Crippen LogP) is 3.79. The first kappa shape index (κ1) is 16.2. The monoisotopic (exact) mass is 320 g/mol. The van der Waals surface area contributed by atoms with E-state index in [1.54, 1.807) is 19.2 Å². The molecular weight excluding hydrogens is 304 g/mol. The summed E-state index contributed by atoms with van der Waals surface area (Å²) in [4.78, 5) is 12.5. The zero-order valence-electron chi connectivity index (χ0n) is 12.7. The van der Waals surface area contributed by atoms with Gasteiger partial charge in [-0.2, -0.15) is 0 Å². The molecule has 2 rings (SSSR count). The lowest BCUT2D eigenvalue weighted by Gasteiger charge is -2.12. The number of rotatable bonds is 6. The Hall–Kier alpha value is -2.20. The van der Waals surface area contributed by atoms with Gasteiger partial charge in [0.1, 0.15) is 17.2 Å². The number of ether oxygens (including phenoxy) is 3. The molecule has 0 amide bonds. The molecular formula is C17H17ClO4. The molecule has 0 aliphatic heterocycles. The van der Waals surface area contributed by atoms with E-state index in [4.69, 9.17) is 25.8 Å². The minimum atomic E-state index is -0.116. The molecule has 0 bridgehead atoms. The van der Waals surface area contributed by atoms with Gasteiger partial charge in [-0.15, -0.1) is 0 Å². The van der Waals surface area contributed by atoms with Crippen LogP contribution < -0.4 is 14.2 Å². The minimum absolute atomic E-state index is 0.116. The molecule has 0 spiro atoms. The quantitative estimate of drug-likeness (QED) is 0.760. The highest BCUT2D eigenvalue weighted by Gasteiger charge is 2.18. The number of hydrogen-bond acceptors (Lipinski definition) is 4. The summed E-state index contributed by atoms with van der Waals surface area (Å²) < 4.78 is 15.5. The van der Waals surface area contributed by atoms with Crippen LogP contribution in [0.4, 0.5) is 0 Å². The van der Waals surface area contributed by atoms with E-state index in [2.05, 4.69) is 0 Å². The van der Waals surface area contributed by atoms with Gasteiger partial charge < -0.3 is 14.2 Å². The molecule has 0 aliphatic carbocycles. The van der Waals surface area contributed by atoms with Gasteiger partial charge in [0.25, 0.3) is 0 Å². The molecule has 0 heterocycles. The molecule has 0 aromatic heterocycles. The maximum Gasteiger partial charge on any atom is 0.172 e. The van der Waals surface area contributed by atoms with Crippen LogP contribution in [0.2, 0.25) is 5.02 Å². The van der Waals surface area contributed by atoms with Crippen molar-refractivity contribution in [3.63, 3.8) is 0 Å². The maximum atomic E-state index is 12.5. The van der Waals surface area contributed by atoms with Crippen LogP contribution >= 0.6 is 11.6 Å². The summed E-state index contributed by atoms with van der Waals surface area (Å²) in [6.07, 6.45) is 0.229. The third kappa shape index (κ3) is 3.52. The van der Waals surface area contributed by atoms with Crippen molar-refractivity contribution in [3.8, 4) is 17.2 Å². The third-order valence-electron chi connectivity index (χ3n) is 3.29. The van der Waals surface area contributed by atoms with E-state index in [-0.39, 0.29) is 12.2 Å². The number of benzene rings is 2. The summed E-state index contributed by atoms with van der Waals surface area (Å²) in [5, 5.41) is 0.315. The molecule has 0 saturated heterocycles. The van der Waals surface area contributed by atoms with Gasteiger partial charge in [-0.1, -0.05) is 23.7 Å². The summed E-state index contributed by atoms with van der Waals surface area (Å²) in [5.74, 6) is 1.58. The minimum Gasteiger partial charge on any atom is -0.497 e. The zero-order chi connectivity index (χ0) is 16.1. The molecule has 0 unspecified atom stereocenters. The second-order valence-corrected chi connectivity index (χ2v) is 5.04. The smallest absolute Gasteiger partial charge is 0.172 e. The summed E-state index contributed by atoms with van der Waals surface area (Å²) >= 11 is 6.20. The molecule has 22 heavy (non-hydrogen) atoms. The lowest BCUT2D eigenvalue weighted by Crippen LogP contribution is -2.07. The molecule has 4 nitrogen and oxygen atoms in total. The normalized spacial score (nSPS) is 10.2. The van der Waals surface area contributed by atoms with Gasteiger partial charge in [0.15, 0.2) is 5.78 Å². The Kier molecular flexibility index (Phi) is 5.28. The number of ketones is 1. The lowest BCUT2D eigenvalue weighted by atomic mass is 10.0. The van der Waals surface area contributed by atoms with E-state index in [1.165, 1.54) is 14.2 Å². The van der Waals surface area contributed by atoms with Crippen molar-refractivity contribution in [2.75, 3.05) is 21.3 Å². The van der Waals surface area contributed by atoms with Crippen molar-refractivity contribution in [1.29, 1.82) is 0 Å². The van der Waals surface area contributed by atoms with Crippen LogP contribution in [-0.4, -0.2) is 27.1 Å². The first-order valence-electron chi connectivity index (χ1n) is 6.66. The number of halogens is 1. The van der Waals surface area contributed by atoms with Gasteiger partial charge in [-0.25, -0.2) is 0 Å². The van der Waals surface area contributed by atoms with Crippen molar-refractivity contribution in [1.82, 2.24) is 0 Å². The van der Waals surface area contributed by atoms with Crippen molar-refractivity contribution < 1.29 is 19.0 Å². The number of carbonyl (C=O) groups excluding carboxylic acids is 1. The number of methoxy groups -OCH3 is 3. The van der Waals surface area contributed by atoms with E-state index in [0.29, 0.717) is 22.1 Å². The molecule has 2 aromatic rings. The molecule has 116 valence electrons. The third-order valence-corrected chi connectivity index (χ3v) is 3.58. The fourth-order valence-electron chi connectivity index (χ4n) is 2.12. The zero-order valence-corrected chi connectivity index (χ0v) is 13.4. The Morgan fingerprint density at radius 3 is 2.14 bits per heavy atom. The van der Waals surface area contributed by atoms with Crippen LogP contribution in [0, 0.1) is 0 Å². The van der Waals surface area contributed by atoms with Crippen molar-refractivity contribution in [2.45, 2.75) is 6.42 Å². The summed E-state index contributed by atoms with van der Waals surface area (Å²) in [6, 6.07) is 10.6. The average Bonchev–Trinajstić information content (AvgIpc) is 2.54. The van der Waals surface area contributed by atoms with E-state index in [9.17, 15) is 4.79 Å². The van der Waals surface area contributed by atoms with Crippen molar-refractivity contribution >= 4 is 17.4 Å². The fraction of sp³-hybridized carbons (Fsp3) is 0.235. The Labute approximate surface area is 134 Å². The Morgan fingerprint density at radius 2 is 1.59 bits per heavy atom. The molecule has 0 radical (unpaired) electrons. The topological polar surface area (TPSA) is 44.8 Å². The van der Waals surface area contributed by atoms with E-state index in [1.807, 2.05) is 24.3 Å². The predicted molar refractivity (Wildman–Crippen MR) is 85.6 cm³/mol. The van der Waals surface area contributed by atoms with E-state index >= 15 is 0 Å². The van der Waals surface area contributed by atoms with Crippen molar-refractivity contribution in [3.05, 3.63) is 52.5 Å². The van der Waals surface area contributed by atoms with Crippen LogP contribution in [0.3, 0.4) is 0 Å². The first-order valence-corrected chi connectivity index (χ1v) is 7.04. The molecule has 5 heteroatoms. The maximum absolute atomic E-state index is 12.5. The average molecular weight is 321 g/mol. The molecule has 2 aromatic carbocycles. The van der Waals surface area contributed by atoms with Crippen LogP contribution in [0.5, 0.6) is 17.2 Å². The lowest BCUT2D eigenvalue weighted by molar-refractivity contribution is 0.0990. The number of Topliss-reactive ketones (excluding diaryl/α,β-unsaturated/α-hetero) is 1. The summed E-state index contributed by atoms with van der Waals surface area (Å²) in [5.41, 5.74) is 1.24. The van der Waals surface area contributed by atoms with Crippen LogP contribution in [-0.2, 0) is 6.42 Å². The molecule has 0 aliphatic rings. The van der Waals surface area contributed by atoms with Gasteiger partial charge in [0, 0.05) is 12.5 Å². The number of carbonyl (C=O) groups is 1.